The molecular formula is C19H18O8. The molecule has 0 atom stereocenters. The van der Waals surface area contributed by atoms with Gasteiger partial charge in [0.15, 0.2) is 0 Å². The summed E-state index contributed by atoms with van der Waals surface area (Å²) in [4.78, 5) is 38.2. The number of carboxylic acid groups (broad SMARTS) is 4. The summed E-state index contributed by atoms with van der Waals surface area (Å²) < 4.78 is 0. The molecule has 8 heteroatoms. The van der Waals surface area contributed by atoms with Crippen molar-refractivity contribution in [3.05, 3.63) is 84.1 Å². The van der Waals surface area contributed by atoms with Crippen molar-refractivity contribution in [2.24, 2.45) is 0 Å². The highest BCUT2D eigenvalue weighted by Crippen LogP contribution is 2.21. The van der Waals surface area contributed by atoms with Crippen molar-refractivity contribution in [3.63, 3.8) is 0 Å². The minimum absolute atomic E-state index is 0.558. The van der Waals surface area contributed by atoms with Gasteiger partial charge < -0.3 is 20.4 Å². The second kappa shape index (κ2) is 13.4. The third kappa shape index (κ3) is 14.1. The average Bonchev–Trinajstić information content (AvgIpc) is 2.85. The summed E-state index contributed by atoms with van der Waals surface area (Å²) in [7, 11) is 0. The molecule has 2 aliphatic carbocycles. The smallest absolute Gasteiger partial charge is 0.328 e. The monoisotopic (exact) mass is 374 g/mol. The molecular weight excluding hydrogens is 356 g/mol. The van der Waals surface area contributed by atoms with Crippen molar-refractivity contribution in [2.75, 3.05) is 0 Å². The molecule has 0 heterocycles. The molecule has 2 rings (SSSR count). The first-order chi connectivity index (χ1) is 12.7. The van der Waals surface area contributed by atoms with Crippen LogP contribution in [-0.4, -0.2) is 44.3 Å². The Balaban J connectivity index is 0.000000387. The third-order valence-electron chi connectivity index (χ3n) is 2.65. The van der Waals surface area contributed by atoms with Crippen molar-refractivity contribution in [1.29, 1.82) is 0 Å². The number of carbonyl (C=O) groups is 4. The normalized spacial score (nSPS) is 13.9. The van der Waals surface area contributed by atoms with Gasteiger partial charge in [-0.25, -0.2) is 19.2 Å². The van der Waals surface area contributed by atoms with E-state index < -0.39 is 23.9 Å². The molecule has 0 spiro atoms. The lowest BCUT2D eigenvalue weighted by Gasteiger charge is -2.07. The summed E-state index contributed by atoms with van der Waals surface area (Å²) in [6.45, 7) is 0. The van der Waals surface area contributed by atoms with Gasteiger partial charge in [-0.1, -0.05) is 48.6 Å². The molecule has 142 valence electrons. The molecule has 0 bridgehead atoms. The average molecular weight is 374 g/mol. The highest BCUT2D eigenvalue weighted by atomic mass is 16.4. The Morgan fingerprint density at radius 2 is 1.15 bits per heavy atom. The summed E-state index contributed by atoms with van der Waals surface area (Å²) in [5, 5.41) is 31.2. The van der Waals surface area contributed by atoms with Gasteiger partial charge in [-0.3, -0.25) is 0 Å². The quantitative estimate of drug-likeness (QED) is 0.548. The lowest BCUT2D eigenvalue weighted by molar-refractivity contribution is -0.134. The molecule has 0 aromatic carbocycles. The standard InChI is InChI=1S/C11H10.2C4H4O4/c1-2-6-10-8-4-5-9-11(10)7-3-1;2*5-3(6)1-2-4(7)8/h1-8H,9H2;2*1-2H,(H,5,6)(H,7,8)/b;2*2-1+. The van der Waals surface area contributed by atoms with E-state index in [9.17, 15) is 19.2 Å². The molecule has 0 amide bonds. The SMILES string of the molecule is C1=CC=C2CC=CC=C2C=C1.O=C(O)/C=C/C(=O)O.O=C(O)/C=C/C(=O)O. The van der Waals surface area contributed by atoms with Crippen LogP contribution < -0.4 is 0 Å². The Morgan fingerprint density at radius 3 is 1.59 bits per heavy atom. The van der Waals surface area contributed by atoms with E-state index in [1.54, 1.807) is 0 Å². The second-order valence-electron chi connectivity index (χ2n) is 4.71. The lowest BCUT2D eigenvalue weighted by atomic mass is 9.98. The van der Waals surface area contributed by atoms with Crippen molar-refractivity contribution < 1.29 is 39.6 Å². The van der Waals surface area contributed by atoms with Gasteiger partial charge in [-0.05, 0) is 17.6 Å². The first-order valence-corrected chi connectivity index (χ1v) is 7.41. The van der Waals surface area contributed by atoms with Crippen LogP contribution in [0.5, 0.6) is 0 Å². The number of hydrogen-bond donors (Lipinski definition) is 4. The van der Waals surface area contributed by atoms with Crippen molar-refractivity contribution >= 4 is 23.9 Å². The van der Waals surface area contributed by atoms with Crippen LogP contribution >= 0.6 is 0 Å². The zero-order valence-electron chi connectivity index (χ0n) is 14.1. The van der Waals surface area contributed by atoms with E-state index in [-0.39, 0.29) is 0 Å². The van der Waals surface area contributed by atoms with Crippen molar-refractivity contribution in [3.8, 4) is 0 Å². The van der Waals surface area contributed by atoms with E-state index >= 15 is 0 Å². The Morgan fingerprint density at radius 1 is 0.667 bits per heavy atom. The fourth-order valence-corrected chi connectivity index (χ4v) is 1.60. The molecule has 0 fully saturated rings. The fourth-order valence-electron chi connectivity index (χ4n) is 1.60. The topological polar surface area (TPSA) is 149 Å². The minimum Gasteiger partial charge on any atom is -0.478 e. The number of aliphatic carboxylic acids is 4. The van der Waals surface area contributed by atoms with Crippen LogP contribution in [0.4, 0.5) is 0 Å². The first-order valence-electron chi connectivity index (χ1n) is 7.41. The maximum atomic E-state index is 9.55. The molecule has 0 saturated carbocycles. The molecule has 0 unspecified atom stereocenters. The van der Waals surface area contributed by atoms with Gasteiger partial charge in [0.25, 0.3) is 0 Å². The summed E-state index contributed by atoms with van der Waals surface area (Å²) >= 11 is 0. The van der Waals surface area contributed by atoms with E-state index in [0.717, 1.165) is 6.42 Å². The summed E-state index contributed by atoms with van der Waals surface area (Å²) in [6.07, 6.45) is 20.3. The van der Waals surface area contributed by atoms with Gasteiger partial charge in [0.05, 0.1) is 0 Å². The third-order valence-corrected chi connectivity index (χ3v) is 2.65. The van der Waals surface area contributed by atoms with Gasteiger partial charge in [0.1, 0.15) is 0 Å². The molecule has 2 aliphatic rings. The van der Waals surface area contributed by atoms with E-state index in [2.05, 4.69) is 48.6 Å². The van der Waals surface area contributed by atoms with Crippen LogP contribution in [0.15, 0.2) is 84.1 Å². The van der Waals surface area contributed by atoms with Crippen LogP contribution in [0.2, 0.25) is 0 Å². The maximum Gasteiger partial charge on any atom is 0.328 e. The van der Waals surface area contributed by atoms with E-state index in [4.69, 9.17) is 20.4 Å². The predicted octanol–water partition coefficient (Wildman–Crippen LogP) is 2.35. The van der Waals surface area contributed by atoms with Crippen molar-refractivity contribution in [2.45, 2.75) is 6.42 Å². The van der Waals surface area contributed by atoms with Crippen molar-refractivity contribution in [1.82, 2.24) is 0 Å². The van der Waals surface area contributed by atoms with Crippen LogP contribution in [0.25, 0.3) is 0 Å². The number of rotatable bonds is 4. The van der Waals surface area contributed by atoms with E-state index in [1.807, 2.05) is 0 Å². The molecule has 0 saturated heterocycles. The second-order valence-corrected chi connectivity index (χ2v) is 4.71. The predicted molar refractivity (Wildman–Crippen MR) is 97.0 cm³/mol. The van der Waals surface area contributed by atoms with Gasteiger partial charge in [0.2, 0.25) is 0 Å². The summed E-state index contributed by atoms with van der Waals surface area (Å²) in [5.41, 5.74) is 2.76. The Bertz CT molecular complexity index is 708. The Kier molecular flexibility index (Phi) is 11.4. The largest absolute Gasteiger partial charge is 0.478 e. The zero-order valence-corrected chi connectivity index (χ0v) is 14.1. The minimum atomic E-state index is -1.26. The van der Waals surface area contributed by atoms with Gasteiger partial charge in [-0.15, -0.1) is 0 Å². The number of fused-ring (bicyclic) bond motifs is 1. The van der Waals surface area contributed by atoms with Crippen LogP contribution in [0.1, 0.15) is 6.42 Å². The maximum absolute atomic E-state index is 9.55. The molecule has 0 aliphatic heterocycles. The molecule has 27 heavy (non-hydrogen) atoms. The van der Waals surface area contributed by atoms with E-state index in [1.165, 1.54) is 11.1 Å². The highest BCUT2D eigenvalue weighted by Gasteiger charge is 2.02. The van der Waals surface area contributed by atoms with Crippen LogP contribution in [0.3, 0.4) is 0 Å². The summed E-state index contributed by atoms with van der Waals surface area (Å²) in [5.74, 6) is -5.03. The van der Waals surface area contributed by atoms with Gasteiger partial charge in [0, 0.05) is 24.3 Å². The molecule has 0 radical (unpaired) electrons. The van der Waals surface area contributed by atoms with Gasteiger partial charge >= 0.3 is 23.9 Å². The first kappa shape index (κ1) is 23.1. The van der Waals surface area contributed by atoms with E-state index in [0.29, 0.717) is 24.3 Å². The molecule has 4 N–H and O–H groups in total. The number of allylic oxidation sites excluding steroid dienone is 10. The van der Waals surface area contributed by atoms with Crippen LogP contribution in [0, 0.1) is 0 Å². The lowest BCUT2D eigenvalue weighted by Crippen LogP contribution is -1.91. The highest BCUT2D eigenvalue weighted by molar-refractivity contribution is 5.90. The molecule has 0 aromatic heterocycles. The van der Waals surface area contributed by atoms with Gasteiger partial charge in [-0.2, -0.15) is 0 Å². The Labute approximate surface area is 154 Å². The molecule has 0 aromatic rings. The number of hydrogen-bond acceptors (Lipinski definition) is 4. The summed E-state index contributed by atoms with van der Waals surface area (Å²) in [6, 6.07) is 0. The molecule has 8 nitrogen and oxygen atoms in total. The van der Waals surface area contributed by atoms with Crippen LogP contribution in [-0.2, 0) is 19.2 Å². The fraction of sp³-hybridized carbons (Fsp3) is 0.0526. The zero-order chi connectivity index (χ0) is 20.7. The Hall–Kier alpha value is -3.94. The number of carboxylic acids is 4.